The van der Waals surface area contributed by atoms with Crippen molar-refractivity contribution in [2.75, 3.05) is 11.5 Å². The van der Waals surface area contributed by atoms with Crippen LogP contribution in [0.1, 0.15) is 13.3 Å². The summed E-state index contributed by atoms with van der Waals surface area (Å²) in [5, 5.41) is 15.8. The third-order valence-corrected chi connectivity index (χ3v) is 2.26. The summed E-state index contributed by atoms with van der Waals surface area (Å²) in [6, 6.07) is 12.7. The Labute approximate surface area is 134 Å². The first-order valence-electron chi connectivity index (χ1n) is 6.23. The van der Waals surface area contributed by atoms with E-state index in [0.717, 1.165) is 5.69 Å². The Kier molecular flexibility index (Phi) is 8.89. The van der Waals surface area contributed by atoms with Gasteiger partial charge in [0, 0.05) is 6.42 Å². The van der Waals surface area contributed by atoms with E-state index in [1.807, 2.05) is 30.3 Å². The lowest BCUT2D eigenvalue weighted by Crippen LogP contribution is -1.95. The van der Waals surface area contributed by atoms with Gasteiger partial charge in [0.2, 0.25) is 0 Å². The van der Waals surface area contributed by atoms with Crippen LogP contribution in [0.4, 0.5) is 23.0 Å². The van der Waals surface area contributed by atoms with Gasteiger partial charge in [-0.2, -0.15) is 5.11 Å². The van der Waals surface area contributed by atoms with E-state index in [0.29, 0.717) is 11.5 Å². The van der Waals surface area contributed by atoms with Gasteiger partial charge in [0.15, 0.2) is 5.82 Å². The predicted molar refractivity (Wildman–Crippen MR) is 88.9 cm³/mol. The minimum atomic E-state index is -0.745. The predicted octanol–water partition coefficient (Wildman–Crippen LogP) is 3.56. The second kappa shape index (κ2) is 10.1. The number of halogens is 1. The molecule has 22 heavy (non-hydrogen) atoms. The Morgan fingerprint density at radius 3 is 2.23 bits per heavy atom. The minimum absolute atomic E-state index is 0. The van der Waals surface area contributed by atoms with Crippen LogP contribution in [0.15, 0.2) is 52.7 Å². The molecule has 8 heteroatoms. The second-order valence-corrected chi connectivity index (χ2v) is 3.92. The first-order chi connectivity index (χ1) is 10.0. The molecule has 0 atom stereocenters. The zero-order chi connectivity index (χ0) is 15.7. The first-order valence-corrected chi connectivity index (χ1v) is 6.23. The smallest absolute Gasteiger partial charge is 0.303 e. The number of carboxylic acid groups (broad SMARTS) is 1. The van der Waals surface area contributed by atoms with Crippen molar-refractivity contribution in [3.05, 3.63) is 42.5 Å². The molecule has 0 saturated carbocycles. The van der Waals surface area contributed by atoms with E-state index >= 15 is 0 Å². The Morgan fingerprint density at radius 1 is 1.14 bits per heavy atom. The van der Waals surface area contributed by atoms with Crippen molar-refractivity contribution in [3.8, 4) is 0 Å². The molecule has 5 N–H and O–H groups in total. The van der Waals surface area contributed by atoms with Gasteiger partial charge in [-0.05, 0) is 24.3 Å². The molecule has 0 aliphatic heterocycles. The molecule has 0 radical (unpaired) electrons. The SMILES string of the molecule is CCC(=O)O.Cl.Nc1ccc(/N=N/c2ccccc2)c(N)n1. The van der Waals surface area contributed by atoms with Gasteiger partial charge >= 0.3 is 5.97 Å². The van der Waals surface area contributed by atoms with Crippen molar-refractivity contribution < 1.29 is 9.90 Å². The van der Waals surface area contributed by atoms with Gasteiger partial charge in [0.05, 0.1) is 5.69 Å². The lowest BCUT2D eigenvalue weighted by Gasteiger charge is -1.98. The summed E-state index contributed by atoms with van der Waals surface area (Å²) < 4.78 is 0. The standard InChI is InChI=1S/C11H11N5.C3H6O2.ClH/c12-10-7-6-9(11(13)14-10)16-15-8-4-2-1-3-5-8;1-2-3(4)5;/h1-7H,(H4,12,13,14);2H2,1H3,(H,4,5);1H/b16-15+;;. The Morgan fingerprint density at radius 2 is 1.73 bits per heavy atom. The summed E-state index contributed by atoms with van der Waals surface area (Å²) in [6.07, 6.45) is 0.222. The molecule has 1 aromatic carbocycles. The molecule has 1 aromatic heterocycles. The molecule has 7 nitrogen and oxygen atoms in total. The molecule has 0 spiro atoms. The van der Waals surface area contributed by atoms with Crippen molar-refractivity contribution in [1.82, 2.24) is 4.98 Å². The van der Waals surface area contributed by atoms with Crippen molar-refractivity contribution >= 4 is 41.4 Å². The Bertz CT molecular complexity index is 620. The molecule has 0 aliphatic rings. The molecule has 2 rings (SSSR count). The normalized spacial score (nSPS) is 9.50. The van der Waals surface area contributed by atoms with Crippen LogP contribution in [0, 0.1) is 0 Å². The van der Waals surface area contributed by atoms with E-state index in [4.69, 9.17) is 16.6 Å². The van der Waals surface area contributed by atoms with Crippen LogP contribution in [0.3, 0.4) is 0 Å². The van der Waals surface area contributed by atoms with E-state index in [2.05, 4.69) is 15.2 Å². The number of pyridine rings is 1. The zero-order valence-corrected chi connectivity index (χ0v) is 12.8. The highest BCUT2D eigenvalue weighted by Crippen LogP contribution is 2.23. The highest BCUT2D eigenvalue weighted by molar-refractivity contribution is 5.85. The number of anilines is 2. The number of nitrogens with two attached hydrogens (primary N) is 2. The molecule has 118 valence electrons. The molecule has 2 aromatic rings. The molecular formula is C14H18ClN5O2. The lowest BCUT2D eigenvalue weighted by atomic mass is 10.3. The highest BCUT2D eigenvalue weighted by atomic mass is 35.5. The van der Waals surface area contributed by atoms with Crippen molar-refractivity contribution in [2.45, 2.75) is 13.3 Å². The Hall–Kier alpha value is -2.67. The number of hydrogen-bond donors (Lipinski definition) is 3. The van der Waals surface area contributed by atoms with Gasteiger partial charge < -0.3 is 16.6 Å². The van der Waals surface area contributed by atoms with Crippen LogP contribution < -0.4 is 11.5 Å². The number of azo groups is 1. The fourth-order valence-corrected chi connectivity index (χ4v) is 1.17. The van der Waals surface area contributed by atoms with E-state index < -0.39 is 5.97 Å². The van der Waals surface area contributed by atoms with Crippen LogP contribution >= 0.6 is 12.4 Å². The number of rotatable bonds is 3. The third-order valence-electron chi connectivity index (χ3n) is 2.26. The van der Waals surface area contributed by atoms with Crippen molar-refractivity contribution in [1.29, 1.82) is 0 Å². The Balaban J connectivity index is 0.000000644. The maximum Gasteiger partial charge on any atom is 0.303 e. The second-order valence-electron chi connectivity index (χ2n) is 3.92. The molecule has 0 bridgehead atoms. The minimum Gasteiger partial charge on any atom is -0.481 e. The molecule has 0 fully saturated rings. The van der Waals surface area contributed by atoms with Gasteiger partial charge in [0.25, 0.3) is 0 Å². The number of aliphatic carboxylic acids is 1. The van der Waals surface area contributed by atoms with Crippen LogP contribution in [0.5, 0.6) is 0 Å². The van der Waals surface area contributed by atoms with Crippen molar-refractivity contribution in [2.24, 2.45) is 10.2 Å². The number of nitrogen functional groups attached to an aromatic ring is 2. The summed E-state index contributed by atoms with van der Waals surface area (Å²) >= 11 is 0. The maximum absolute atomic E-state index is 9.37. The van der Waals surface area contributed by atoms with E-state index in [9.17, 15) is 4.79 Å². The average molecular weight is 324 g/mol. The molecule has 0 saturated heterocycles. The maximum atomic E-state index is 9.37. The number of carbonyl (C=O) groups is 1. The van der Waals surface area contributed by atoms with E-state index in [1.165, 1.54) is 0 Å². The molecular weight excluding hydrogens is 306 g/mol. The third kappa shape index (κ3) is 7.20. The summed E-state index contributed by atoms with van der Waals surface area (Å²) in [4.78, 5) is 13.3. The van der Waals surface area contributed by atoms with Gasteiger partial charge in [-0.15, -0.1) is 17.5 Å². The van der Waals surface area contributed by atoms with Gasteiger partial charge in [0.1, 0.15) is 11.5 Å². The largest absolute Gasteiger partial charge is 0.481 e. The number of aromatic nitrogens is 1. The summed E-state index contributed by atoms with van der Waals surface area (Å²) in [5.41, 5.74) is 12.4. The van der Waals surface area contributed by atoms with Crippen LogP contribution in [0.25, 0.3) is 0 Å². The number of benzene rings is 1. The van der Waals surface area contributed by atoms with Gasteiger partial charge in [-0.3, -0.25) is 4.79 Å². The van der Waals surface area contributed by atoms with Crippen LogP contribution in [-0.4, -0.2) is 16.1 Å². The molecule has 0 unspecified atom stereocenters. The fourth-order valence-electron chi connectivity index (χ4n) is 1.17. The quantitative estimate of drug-likeness (QED) is 0.744. The monoisotopic (exact) mass is 323 g/mol. The average Bonchev–Trinajstić information content (AvgIpc) is 2.48. The number of carboxylic acids is 1. The lowest BCUT2D eigenvalue weighted by molar-refractivity contribution is -0.136. The van der Waals surface area contributed by atoms with Gasteiger partial charge in [-0.1, -0.05) is 25.1 Å². The van der Waals surface area contributed by atoms with E-state index in [-0.39, 0.29) is 24.6 Å². The summed E-state index contributed by atoms with van der Waals surface area (Å²) in [7, 11) is 0. The molecule has 0 amide bonds. The topological polar surface area (TPSA) is 127 Å². The van der Waals surface area contributed by atoms with Gasteiger partial charge in [-0.25, -0.2) is 4.98 Å². The fraction of sp³-hybridized carbons (Fsp3) is 0.143. The molecule has 1 heterocycles. The number of hydrogen-bond acceptors (Lipinski definition) is 6. The summed E-state index contributed by atoms with van der Waals surface area (Å²) in [5.74, 6) is -0.0964. The highest BCUT2D eigenvalue weighted by Gasteiger charge is 1.98. The van der Waals surface area contributed by atoms with Crippen molar-refractivity contribution in [3.63, 3.8) is 0 Å². The summed E-state index contributed by atoms with van der Waals surface area (Å²) in [6.45, 7) is 1.60. The first kappa shape index (κ1) is 19.3. The van der Waals surface area contributed by atoms with Crippen LogP contribution in [-0.2, 0) is 4.79 Å². The zero-order valence-electron chi connectivity index (χ0n) is 12.0. The molecule has 0 aliphatic carbocycles. The van der Waals surface area contributed by atoms with Crippen LogP contribution in [0.2, 0.25) is 0 Å². The number of nitrogens with zero attached hydrogens (tertiary/aromatic N) is 3. The van der Waals surface area contributed by atoms with E-state index in [1.54, 1.807) is 19.1 Å².